The molecule has 20 heavy (non-hydrogen) atoms. The van der Waals surface area contributed by atoms with Crippen LogP contribution in [0.25, 0.3) is 0 Å². The van der Waals surface area contributed by atoms with Crippen LogP contribution in [0.4, 0.5) is 0 Å². The fraction of sp³-hybridized carbons (Fsp3) is 0.462. The van der Waals surface area contributed by atoms with Crippen LogP contribution in [0.3, 0.4) is 0 Å². The standard InChI is InChI=1S/C13H20N2O4S/c1-9-5-6-11(13(17)14-10(2)8-16)7-12(9)20(18,19)15(3)4/h5-7,10,16H,8H2,1-4H3,(H,14,17)/t10-/m0/s1. The smallest absolute Gasteiger partial charge is 0.251 e. The van der Waals surface area contributed by atoms with E-state index < -0.39 is 22.0 Å². The Balaban J connectivity index is 3.19. The van der Waals surface area contributed by atoms with Gasteiger partial charge in [0.05, 0.1) is 11.5 Å². The van der Waals surface area contributed by atoms with Crippen LogP contribution < -0.4 is 5.32 Å². The molecule has 0 heterocycles. The Hall–Kier alpha value is -1.44. The number of carbonyl (C=O) groups excluding carboxylic acids is 1. The van der Waals surface area contributed by atoms with Crippen LogP contribution in [0.1, 0.15) is 22.8 Å². The van der Waals surface area contributed by atoms with E-state index in [1.54, 1.807) is 26.0 Å². The summed E-state index contributed by atoms with van der Waals surface area (Å²) in [6.07, 6.45) is 0. The van der Waals surface area contributed by atoms with E-state index in [4.69, 9.17) is 5.11 Å². The maximum atomic E-state index is 12.2. The Morgan fingerprint density at radius 2 is 2.00 bits per heavy atom. The second kappa shape index (κ2) is 6.34. The van der Waals surface area contributed by atoms with Gasteiger partial charge in [0, 0.05) is 25.7 Å². The van der Waals surface area contributed by atoms with E-state index in [1.807, 2.05) is 0 Å². The molecule has 0 fully saturated rings. The summed E-state index contributed by atoms with van der Waals surface area (Å²) in [7, 11) is -0.714. The van der Waals surface area contributed by atoms with Crippen molar-refractivity contribution in [1.82, 2.24) is 9.62 Å². The van der Waals surface area contributed by atoms with Crippen molar-refractivity contribution in [2.24, 2.45) is 0 Å². The van der Waals surface area contributed by atoms with Gasteiger partial charge in [-0.15, -0.1) is 0 Å². The molecule has 7 heteroatoms. The lowest BCUT2D eigenvalue weighted by molar-refractivity contribution is 0.0922. The number of nitrogens with one attached hydrogen (secondary N) is 1. The lowest BCUT2D eigenvalue weighted by Gasteiger charge is -2.15. The van der Waals surface area contributed by atoms with Crippen LogP contribution >= 0.6 is 0 Å². The molecule has 0 unspecified atom stereocenters. The van der Waals surface area contributed by atoms with Crippen molar-refractivity contribution >= 4 is 15.9 Å². The van der Waals surface area contributed by atoms with Crippen LogP contribution in [-0.2, 0) is 10.0 Å². The number of hydrogen-bond acceptors (Lipinski definition) is 4. The second-order valence-corrected chi connectivity index (χ2v) is 6.95. The molecule has 1 atom stereocenters. The zero-order valence-electron chi connectivity index (χ0n) is 12.0. The molecule has 0 saturated carbocycles. The highest BCUT2D eigenvalue weighted by atomic mass is 32.2. The lowest BCUT2D eigenvalue weighted by atomic mass is 10.1. The number of sulfonamides is 1. The van der Waals surface area contributed by atoms with Gasteiger partial charge in [0.25, 0.3) is 5.91 Å². The molecule has 0 bridgehead atoms. The van der Waals surface area contributed by atoms with E-state index in [1.165, 1.54) is 20.2 Å². The molecule has 112 valence electrons. The average molecular weight is 300 g/mol. The summed E-state index contributed by atoms with van der Waals surface area (Å²) >= 11 is 0. The number of benzene rings is 1. The van der Waals surface area contributed by atoms with Gasteiger partial charge in [0.1, 0.15) is 0 Å². The van der Waals surface area contributed by atoms with Crippen molar-refractivity contribution < 1.29 is 18.3 Å². The Labute approximate surface area is 119 Å². The van der Waals surface area contributed by atoms with Gasteiger partial charge in [-0.2, -0.15) is 0 Å². The normalized spacial score (nSPS) is 13.3. The summed E-state index contributed by atoms with van der Waals surface area (Å²) in [6, 6.07) is 4.11. The zero-order chi connectivity index (χ0) is 15.5. The van der Waals surface area contributed by atoms with Gasteiger partial charge in [-0.05, 0) is 31.5 Å². The van der Waals surface area contributed by atoms with E-state index in [0.29, 0.717) is 5.56 Å². The minimum atomic E-state index is -3.59. The lowest BCUT2D eigenvalue weighted by Crippen LogP contribution is -2.35. The van der Waals surface area contributed by atoms with Gasteiger partial charge >= 0.3 is 0 Å². The minimum Gasteiger partial charge on any atom is -0.394 e. The predicted molar refractivity (Wildman–Crippen MR) is 76.1 cm³/mol. The van der Waals surface area contributed by atoms with Gasteiger partial charge in [-0.3, -0.25) is 4.79 Å². The molecule has 1 aromatic carbocycles. The van der Waals surface area contributed by atoms with E-state index in [9.17, 15) is 13.2 Å². The van der Waals surface area contributed by atoms with Crippen molar-refractivity contribution in [2.75, 3.05) is 20.7 Å². The molecule has 1 rings (SSSR count). The third kappa shape index (κ3) is 3.56. The highest BCUT2D eigenvalue weighted by molar-refractivity contribution is 7.89. The molecule has 1 aromatic rings. The molecular weight excluding hydrogens is 280 g/mol. The zero-order valence-corrected chi connectivity index (χ0v) is 12.9. The van der Waals surface area contributed by atoms with Crippen molar-refractivity contribution in [1.29, 1.82) is 0 Å². The molecule has 0 aliphatic heterocycles. The molecule has 0 aliphatic rings. The molecule has 6 nitrogen and oxygen atoms in total. The van der Waals surface area contributed by atoms with Crippen LogP contribution in [0.15, 0.2) is 23.1 Å². The summed E-state index contributed by atoms with van der Waals surface area (Å²) in [5.74, 6) is -0.415. The van der Waals surface area contributed by atoms with Gasteiger partial charge in [0.15, 0.2) is 0 Å². The number of aliphatic hydroxyl groups excluding tert-OH is 1. The molecule has 0 radical (unpaired) electrons. The van der Waals surface area contributed by atoms with Gasteiger partial charge < -0.3 is 10.4 Å². The molecule has 0 aliphatic carbocycles. The number of aliphatic hydroxyl groups is 1. The first-order valence-electron chi connectivity index (χ1n) is 6.15. The summed E-state index contributed by atoms with van der Waals surface area (Å²) in [6.45, 7) is 3.15. The fourth-order valence-corrected chi connectivity index (χ4v) is 2.71. The largest absolute Gasteiger partial charge is 0.394 e. The summed E-state index contributed by atoms with van der Waals surface area (Å²) in [5, 5.41) is 11.5. The fourth-order valence-electron chi connectivity index (χ4n) is 1.57. The maximum Gasteiger partial charge on any atom is 0.251 e. The van der Waals surface area contributed by atoms with Crippen molar-refractivity contribution in [3.8, 4) is 0 Å². The van der Waals surface area contributed by atoms with E-state index in [-0.39, 0.29) is 17.1 Å². The first kappa shape index (κ1) is 16.6. The first-order chi connectivity index (χ1) is 9.20. The highest BCUT2D eigenvalue weighted by Gasteiger charge is 2.21. The maximum absolute atomic E-state index is 12.2. The van der Waals surface area contributed by atoms with E-state index >= 15 is 0 Å². The van der Waals surface area contributed by atoms with E-state index in [2.05, 4.69) is 5.32 Å². The monoisotopic (exact) mass is 300 g/mol. The number of carbonyl (C=O) groups is 1. The third-order valence-corrected chi connectivity index (χ3v) is 4.82. The van der Waals surface area contributed by atoms with Gasteiger partial charge in [-0.25, -0.2) is 12.7 Å². The topological polar surface area (TPSA) is 86.7 Å². The van der Waals surface area contributed by atoms with Crippen LogP contribution in [0.2, 0.25) is 0 Å². The molecule has 0 spiro atoms. The molecule has 1 amide bonds. The summed E-state index contributed by atoms with van der Waals surface area (Å²) < 4.78 is 25.4. The van der Waals surface area contributed by atoms with Gasteiger partial charge in [-0.1, -0.05) is 6.07 Å². The van der Waals surface area contributed by atoms with Crippen molar-refractivity contribution in [3.63, 3.8) is 0 Å². The number of aryl methyl sites for hydroxylation is 1. The molecule has 0 aromatic heterocycles. The highest BCUT2D eigenvalue weighted by Crippen LogP contribution is 2.19. The Kier molecular flexibility index (Phi) is 5.27. The predicted octanol–water partition coefficient (Wildman–Crippen LogP) is 0.356. The quantitative estimate of drug-likeness (QED) is 0.822. The Morgan fingerprint density at radius 3 is 2.50 bits per heavy atom. The van der Waals surface area contributed by atoms with Crippen molar-refractivity contribution in [2.45, 2.75) is 24.8 Å². The van der Waals surface area contributed by atoms with Crippen molar-refractivity contribution in [3.05, 3.63) is 29.3 Å². The van der Waals surface area contributed by atoms with E-state index in [0.717, 1.165) is 4.31 Å². The van der Waals surface area contributed by atoms with Crippen LogP contribution in [0.5, 0.6) is 0 Å². The van der Waals surface area contributed by atoms with Crippen LogP contribution in [0, 0.1) is 6.92 Å². The number of nitrogens with zero attached hydrogens (tertiary/aromatic N) is 1. The van der Waals surface area contributed by atoms with Crippen LogP contribution in [-0.4, -0.2) is 50.5 Å². The third-order valence-electron chi connectivity index (χ3n) is 2.86. The minimum absolute atomic E-state index is 0.104. The van der Waals surface area contributed by atoms with Gasteiger partial charge in [0.2, 0.25) is 10.0 Å². The Morgan fingerprint density at radius 1 is 1.40 bits per heavy atom. The molecule has 2 N–H and O–H groups in total. The summed E-state index contributed by atoms with van der Waals surface area (Å²) in [5.41, 5.74) is 0.821. The Bertz CT molecular complexity index is 596. The molecule has 0 saturated heterocycles. The molecular formula is C13H20N2O4S. The number of hydrogen-bond donors (Lipinski definition) is 2. The number of amides is 1. The SMILES string of the molecule is Cc1ccc(C(=O)N[C@@H](C)CO)cc1S(=O)(=O)N(C)C. The number of rotatable bonds is 5. The average Bonchev–Trinajstić information content (AvgIpc) is 2.38. The second-order valence-electron chi connectivity index (χ2n) is 4.82. The first-order valence-corrected chi connectivity index (χ1v) is 7.59. The summed E-state index contributed by atoms with van der Waals surface area (Å²) in [4.78, 5) is 12.0.